The normalized spacial score (nSPS) is 20.9. The fourth-order valence-corrected chi connectivity index (χ4v) is 3.07. The largest absolute Gasteiger partial charge is 0.481 e. The SMILES string of the molecule is Cn1cc2c(c1C(=O)O)OC1(CCCCC1)CN2. The Hall–Kier alpha value is -1.65. The van der Waals surface area contributed by atoms with Crippen molar-refractivity contribution in [3.05, 3.63) is 11.9 Å². The Labute approximate surface area is 106 Å². The molecule has 5 heteroatoms. The molecule has 0 unspecified atom stereocenters. The molecule has 1 saturated carbocycles. The van der Waals surface area contributed by atoms with Crippen molar-refractivity contribution in [2.45, 2.75) is 37.7 Å². The number of carbonyl (C=O) groups is 1. The van der Waals surface area contributed by atoms with Crippen LogP contribution in [0.3, 0.4) is 0 Å². The summed E-state index contributed by atoms with van der Waals surface area (Å²) >= 11 is 0. The average molecular weight is 250 g/mol. The summed E-state index contributed by atoms with van der Waals surface area (Å²) in [4.78, 5) is 11.3. The zero-order chi connectivity index (χ0) is 12.8. The lowest BCUT2D eigenvalue weighted by atomic mass is 9.84. The molecule has 1 aromatic heterocycles. The number of carboxylic acids is 1. The van der Waals surface area contributed by atoms with Gasteiger partial charge in [0.2, 0.25) is 0 Å². The summed E-state index contributed by atoms with van der Waals surface area (Å²) in [5.74, 6) is -0.424. The van der Waals surface area contributed by atoms with E-state index in [0.717, 1.165) is 37.9 Å². The predicted molar refractivity (Wildman–Crippen MR) is 67.3 cm³/mol. The molecule has 2 aliphatic rings. The van der Waals surface area contributed by atoms with Crippen LogP contribution in [0.5, 0.6) is 5.75 Å². The van der Waals surface area contributed by atoms with E-state index in [-0.39, 0.29) is 11.3 Å². The Morgan fingerprint density at radius 3 is 2.83 bits per heavy atom. The van der Waals surface area contributed by atoms with E-state index in [1.54, 1.807) is 17.8 Å². The maximum Gasteiger partial charge on any atom is 0.356 e. The first-order valence-corrected chi connectivity index (χ1v) is 6.47. The lowest BCUT2D eigenvalue weighted by molar-refractivity contribution is 0.0345. The van der Waals surface area contributed by atoms with Crippen LogP contribution >= 0.6 is 0 Å². The van der Waals surface area contributed by atoms with Gasteiger partial charge in [-0.05, 0) is 25.7 Å². The van der Waals surface area contributed by atoms with Gasteiger partial charge in [-0.1, -0.05) is 6.42 Å². The Bertz CT molecular complexity index is 487. The molecule has 3 rings (SSSR count). The zero-order valence-electron chi connectivity index (χ0n) is 10.5. The molecule has 1 spiro atoms. The van der Waals surface area contributed by atoms with Gasteiger partial charge in [0.25, 0.3) is 0 Å². The van der Waals surface area contributed by atoms with Gasteiger partial charge in [0.1, 0.15) is 5.60 Å². The molecule has 1 aliphatic heterocycles. The number of aromatic nitrogens is 1. The molecule has 1 aliphatic carbocycles. The molecule has 0 saturated heterocycles. The highest BCUT2D eigenvalue weighted by Crippen LogP contribution is 2.42. The third-order valence-electron chi connectivity index (χ3n) is 4.02. The Kier molecular flexibility index (Phi) is 2.50. The van der Waals surface area contributed by atoms with Crippen LogP contribution in [0.1, 0.15) is 42.6 Å². The number of hydrogen-bond donors (Lipinski definition) is 2. The smallest absolute Gasteiger partial charge is 0.356 e. The van der Waals surface area contributed by atoms with Gasteiger partial charge in [-0.25, -0.2) is 4.79 Å². The summed E-state index contributed by atoms with van der Waals surface area (Å²) in [5, 5.41) is 12.6. The number of nitrogens with zero attached hydrogens (tertiary/aromatic N) is 1. The van der Waals surface area contributed by atoms with Crippen LogP contribution in [0.2, 0.25) is 0 Å². The van der Waals surface area contributed by atoms with Crippen LogP contribution in [0.15, 0.2) is 6.20 Å². The number of anilines is 1. The van der Waals surface area contributed by atoms with E-state index < -0.39 is 5.97 Å². The van der Waals surface area contributed by atoms with Crippen LogP contribution in [-0.4, -0.2) is 27.8 Å². The highest BCUT2D eigenvalue weighted by molar-refractivity contribution is 5.92. The minimum atomic E-state index is -0.937. The van der Waals surface area contributed by atoms with Gasteiger partial charge < -0.3 is 19.7 Å². The number of ether oxygens (including phenoxy) is 1. The first-order chi connectivity index (χ1) is 8.61. The third kappa shape index (κ3) is 1.65. The summed E-state index contributed by atoms with van der Waals surface area (Å²) in [6.45, 7) is 0.781. The van der Waals surface area contributed by atoms with Gasteiger partial charge in [0.15, 0.2) is 11.4 Å². The Morgan fingerprint density at radius 2 is 2.17 bits per heavy atom. The van der Waals surface area contributed by atoms with Gasteiger partial charge >= 0.3 is 5.97 Å². The molecule has 2 N–H and O–H groups in total. The second kappa shape index (κ2) is 3.93. The maximum atomic E-state index is 11.3. The first kappa shape index (κ1) is 11.4. The number of carboxylic acid groups (broad SMARTS) is 1. The third-order valence-corrected chi connectivity index (χ3v) is 4.02. The first-order valence-electron chi connectivity index (χ1n) is 6.47. The zero-order valence-corrected chi connectivity index (χ0v) is 10.5. The van der Waals surface area contributed by atoms with Crippen LogP contribution in [0.4, 0.5) is 5.69 Å². The van der Waals surface area contributed by atoms with Crippen LogP contribution < -0.4 is 10.1 Å². The van der Waals surface area contributed by atoms with E-state index >= 15 is 0 Å². The van der Waals surface area contributed by atoms with Gasteiger partial charge in [-0.3, -0.25) is 0 Å². The molecular formula is C13H18N2O3. The number of aryl methyl sites for hydroxylation is 1. The van der Waals surface area contributed by atoms with E-state index in [4.69, 9.17) is 4.74 Å². The van der Waals surface area contributed by atoms with Crippen molar-refractivity contribution in [3.8, 4) is 5.75 Å². The topological polar surface area (TPSA) is 63.5 Å². The van der Waals surface area contributed by atoms with Gasteiger partial charge in [0, 0.05) is 13.2 Å². The van der Waals surface area contributed by atoms with E-state index in [2.05, 4.69) is 5.32 Å². The van der Waals surface area contributed by atoms with Crippen LogP contribution in [0.25, 0.3) is 0 Å². The van der Waals surface area contributed by atoms with E-state index in [9.17, 15) is 9.90 Å². The Morgan fingerprint density at radius 1 is 1.44 bits per heavy atom. The second-order valence-electron chi connectivity index (χ2n) is 5.34. The van der Waals surface area contributed by atoms with Gasteiger partial charge in [-0.15, -0.1) is 0 Å². The highest BCUT2D eigenvalue weighted by atomic mass is 16.5. The van der Waals surface area contributed by atoms with Crippen LogP contribution in [-0.2, 0) is 7.05 Å². The second-order valence-corrected chi connectivity index (χ2v) is 5.34. The molecule has 18 heavy (non-hydrogen) atoms. The minimum absolute atomic E-state index is 0.198. The van der Waals surface area contributed by atoms with Crippen molar-refractivity contribution < 1.29 is 14.6 Å². The predicted octanol–water partition coefficient (Wildman–Crippen LogP) is 2.23. The van der Waals surface area contributed by atoms with Crippen LogP contribution in [0, 0.1) is 0 Å². The Balaban J connectivity index is 1.98. The summed E-state index contributed by atoms with van der Waals surface area (Å²) < 4.78 is 7.72. The van der Waals surface area contributed by atoms with Gasteiger partial charge in [-0.2, -0.15) is 0 Å². The highest BCUT2D eigenvalue weighted by Gasteiger charge is 2.40. The molecule has 98 valence electrons. The summed E-state index contributed by atoms with van der Waals surface area (Å²) in [5.41, 5.74) is 0.838. The fraction of sp³-hybridized carbons (Fsp3) is 0.615. The number of hydrogen-bond acceptors (Lipinski definition) is 3. The summed E-state index contributed by atoms with van der Waals surface area (Å²) in [6, 6.07) is 0. The van der Waals surface area contributed by atoms with E-state index in [0.29, 0.717) is 5.75 Å². The number of fused-ring (bicyclic) bond motifs is 1. The molecule has 2 heterocycles. The maximum absolute atomic E-state index is 11.3. The standard InChI is InChI=1S/C13H18N2O3/c1-15-7-9-11(10(15)12(16)17)18-13(8-14-9)5-3-2-4-6-13/h7,14H,2-6,8H2,1H3,(H,16,17). The quantitative estimate of drug-likeness (QED) is 0.802. The summed E-state index contributed by atoms with van der Waals surface area (Å²) in [6.07, 6.45) is 7.37. The van der Waals surface area contributed by atoms with Crippen molar-refractivity contribution >= 4 is 11.7 Å². The van der Waals surface area contributed by atoms with Gasteiger partial charge in [0.05, 0.1) is 12.2 Å². The number of aromatic carboxylic acids is 1. The van der Waals surface area contributed by atoms with Crippen molar-refractivity contribution in [2.24, 2.45) is 7.05 Å². The minimum Gasteiger partial charge on any atom is -0.481 e. The number of nitrogens with one attached hydrogen (secondary N) is 1. The van der Waals surface area contributed by atoms with Crippen molar-refractivity contribution in [1.82, 2.24) is 4.57 Å². The molecule has 0 amide bonds. The molecule has 0 atom stereocenters. The molecule has 1 aromatic rings. The lowest BCUT2D eigenvalue weighted by Gasteiger charge is -2.41. The molecular weight excluding hydrogens is 232 g/mol. The molecule has 0 aromatic carbocycles. The molecule has 0 bridgehead atoms. The van der Waals surface area contributed by atoms with Crippen molar-refractivity contribution in [2.75, 3.05) is 11.9 Å². The molecule has 5 nitrogen and oxygen atoms in total. The summed E-state index contributed by atoms with van der Waals surface area (Å²) in [7, 11) is 1.74. The number of rotatable bonds is 1. The van der Waals surface area contributed by atoms with Crippen molar-refractivity contribution in [3.63, 3.8) is 0 Å². The average Bonchev–Trinajstić information content (AvgIpc) is 2.65. The van der Waals surface area contributed by atoms with Crippen molar-refractivity contribution in [1.29, 1.82) is 0 Å². The molecule has 0 radical (unpaired) electrons. The lowest BCUT2D eigenvalue weighted by Crippen LogP contribution is -2.47. The van der Waals surface area contributed by atoms with E-state index in [1.807, 2.05) is 0 Å². The molecule has 1 fully saturated rings. The van der Waals surface area contributed by atoms with E-state index in [1.165, 1.54) is 6.42 Å². The fourth-order valence-electron chi connectivity index (χ4n) is 3.07. The monoisotopic (exact) mass is 250 g/mol.